The molecule has 8 nitrogen and oxygen atoms in total. The van der Waals surface area contributed by atoms with Gasteiger partial charge in [-0.1, -0.05) is 24.2 Å². The SMILES string of the molecule is COc1cccc(-c2noc3nc(C)cc(C(=O)NC[C@@H](C)Cn4nccc4C)c23)c1. The van der Waals surface area contributed by atoms with E-state index in [2.05, 4.69) is 27.5 Å². The number of hydrogen-bond donors (Lipinski definition) is 1. The smallest absolute Gasteiger partial charge is 0.259 e. The summed E-state index contributed by atoms with van der Waals surface area (Å²) in [5.74, 6) is 0.718. The van der Waals surface area contributed by atoms with Gasteiger partial charge in [0.05, 0.1) is 18.1 Å². The molecule has 1 N–H and O–H groups in total. The fourth-order valence-electron chi connectivity index (χ4n) is 3.53. The second kappa shape index (κ2) is 8.59. The molecule has 31 heavy (non-hydrogen) atoms. The van der Waals surface area contributed by atoms with Crippen LogP contribution in [0.1, 0.15) is 28.7 Å². The summed E-state index contributed by atoms with van der Waals surface area (Å²) < 4.78 is 12.7. The topological polar surface area (TPSA) is 95.1 Å². The number of methoxy groups -OCH3 is 1. The molecule has 0 fully saturated rings. The third kappa shape index (κ3) is 4.28. The Hall–Kier alpha value is -3.68. The molecular weight excluding hydrogens is 394 g/mol. The van der Waals surface area contributed by atoms with Gasteiger partial charge in [0, 0.05) is 36.2 Å². The highest BCUT2D eigenvalue weighted by Gasteiger charge is 2.21. The lowest BCUT2D eigenvalue weighted by Crippen LogP contribution is -2.30. The normalized spacial score (nSPS) is 12.1. The molecular formula is C23H25N5O3. The summed E-state index contributed by atoms with van der Waals surface area (Å²) in [5.41, 5.74) is 3.96. The first-order chi connectivity index (χ1) is 15.0. The fourth-order valence-corrected chi connectivity index (χ4v) is 3.53. The largest absolute Gasteiger partial charge is 0.497 e. The minimum Gasteiger partial charge on any atom is -0.497 e. The van der Waals surface area contributed by atoms with Crippen molar-refractivity contribution in [3.8, 4) is 17.0 Å². The molecule has 1 atom stereocenters. The summed E-state index contributed by atoms with van der Waals surface area (Å²) in [6.45, 7) is 7.16. The van der Waals surface area contributed by atoms with E-state index in [1.54, 1.807) is 19.4 Å². The fraction of sp³-hybridized carbons (Fsp3) is 0.304. The first-order valence-electron chi connectivity index (χ1n) is 10.1. The third-order valence-corrected chi connectivity index (χ3v) is 5.19. The lowest BCUT2D eigenvalue weighted by molar-refractivity contribution is 0.0948. The van der Waals surface area contributed by atoms with E-state index < -0.39 is 0 Å². The molecule has 0 aliphatic carbocycles. The maximum atomic E-state index is 13.1. The summed E-state index contributed by atoms with van der Waals surface area (Å²) in [4.78, 5) is 17.5. The highest BCUT2D eigenvalue weighted by molar-refractivity contribution is 6.09. The van der Waals surface area contributed by atoms with Crippen LogP contribution in [0.25, 0.3) is 22.4 Å². The number of benzene rings is 1. The summed E-state index contributed by atoms with van der Waals surface area (Å²) in [7, 11) is 1.61. The van der Waals surface area contributed by atoms with Gasteiger partial charge in [0.1, 0.15) is 11.4 Å². The number of ether oxygens (including phenoxy) is 1. The van der Waals surface area contributed by atoms with Crippen LogP contribution < -0.4 is 10.1 Å². The van der Waals surface area contributed by atoms with Gasteiger partial charge >= 0.3 is 0 Å². The predicted molar refractivity (Wildman–Crippen MR) is 117 cm³/mol. The number of nitrogens with one attached hydrogen (secondary N) is 1. The minimum atomic E-state index is -0.188. The molecule has 0 saturated carbocycles. The lowest BCUT2D eigenvalue weighted by atomic mass is 10.0. The van der Waals surface area contributed by atoms with Crippen molar-refractivity contribution in [1.82, 2.24) is 25.2 Å². The Morgan fingerprint density at radius 3 is 2.84 bits per heavy atom. The van der Waals surface area contributed by atoms with Crippen molar-refractivity contribution in [3.63, 3.8) is 0 Å². The van der Waals surface area contributed by atoms with Crippen LogP contribution in [0.15, 0.2) is 47.1 Å². The van der Waals surface area contributed by atoms with E-state index in [-0.39, 0.29) is 11.8 Å². The van der Waals surface area contributed by atoms with E-state index in [9.17, 15) is 4.79 Å². The van der Waals surface area contributed by atoms with E-state index in [0.717, 1.165) is 17.8 Å². The maximum Gasteiger partial charge on any atom is 0.259 e. The molecule has 0 radical (unpaired) electrons. The molecule has 0 aliphatic rings. The summed E-state index contributed by atoms with van der Waals surface area (Å²) in [5, 5.41) is 12.1. The Morgan fingerprint density at radius 1 is 1.26 bits per heavy atom. The standard InChI is InChI=1S/C23H25N5O3/c1-14(13-28-16(3)8-9-25-28)12-24-22(29)19-10-15(2)26-23-20(19)21(27-31-23)17-6-5-7-18(11-17)30-4/h5-11,14H,12-13H2,1-4H3,(H,24,29)/t14-/m1/s1. The number of carbonyl (C=O) groups excluding carboxylic acids is 1. The molecule has 1 aromatic carbocycles. The van der Waals surface area contributed by atoms with Gasteiger partial charge in [0.2, 0.25) is 0 Å². The number of carbonyl (C=O) groups is 1. The predicted octanol–water partition coefficient (Wildman–Crippen LogP) is 3.78. The Balaban J connectivity index is 1.61. The molecule has 0 bridgehead atoms. The Labute approximate surface area is 180 Å². The van der Waals surface area contributed by atoms with Crippen molar-refractivity contribution in [2.75, 3.05) is 13.7 Å². The monoisotopic (exact) mass is 419 g/mol. The van der Waals surface area contributed by atoms with Gasteiger partial charge in [-0.15, -0.1) is 0 Å². The molecule has 4 aromatic rings. The highest BCUT2D eigenvalue weighted by atomic mass is 16.5. The highest BCUT2D eigenvalue weighted by Crippen LogP contribution is 2.32. The van der Waals surface area contributed by atoms with Crippen molar-refractivity contribution in [2.24, 2.45) is 5.92 Å². The molecule has 4 rings (SSSR count). The van der Waals surface area contributed by atoms with Crippen molar-refractivity contribution in [2.45, 2.75) is 27.3 Å². The summed E-state index contributed by atoms with van der Waals surface area (Å²) in [6, 6.07) is 11.2. The minimum absolute atomic E-state index is 0.188. The quantitative estimate of drug-likeness (QED) is 0.490. The number of pyridine rings is 1. The number of rotatable bonds is 7. The van der Waals surface area contributed by atoms with Gasteiger partial charge in [-0.25, -0.2) is 4.98 Å². The molecule has 8 heteroatoms. The van der Waals surface area contributed by atoms with Crippen LogP contribution in [0.5, 0.6) is 5.75 Å². The van der Waals surface area contributed by atoms with Gasteiger partial charge in [-0.05, 0) is 44.0 Å². The van der Waals surface area contributed by atoms with Gasteiger partial charge in [-0.2, -0.15) is 5.10 Å². The molecule has 0 aliphatic heterocycles. The van der Waals surface area contributed by atoms with Crippen molar-refractivity contribution >= 4 is 17.0 Å². The number of nitrogens with zero attached hydrogens (tertiary/aromatic N) is 4. The number of aromatic nitrogens is 4. The maximum absolute atomic E-state index is 13.1. The summed E-state index contributed by atoms with van der Waals surface area (Å²) >= 11 is 0. The van der Waals surface area contributed by atoms with Crippen LogP contribution >= 0.6 is 0 Å². The zero-order valence-electron chi connectivity index (χ0n) is 18.0. The van der Waals surface area contributed by atoms with E-state index in [1.807, 2.05) is 48.9 Å². The van der Waals surface area contributed by atoms with Crippen molar-refractivity contribution < 1.29 is 14.1 Å². The third-order valence-electron chi connectivity index (χ3n) is 5.19. The van der Waals surface area contributed by atoms with Crippen LogP contribution in [0.4, 0.5) is 0 Å². The average Bonchev–Trinajstić information content (AvgIpc) is 3.37. The Morgan fingerprint density at radius 2 is 2.10 bits per heavy atom. The second-order valence-corrected chi connectivity index (χ2v) is 7.72. The molecule has 3 aromatic heterocycles. The van der Waals surface area contributed by atoms with Crippen LogP contribution in [0.3, 0.4) is 0 Å². The molecule has 0 spiro atoms. The lowest BCUT2D eigenvalue weighted by Gasteiger charge is -2.14. The van der Waals surface area contributed by atoms with E-state index in [1.165, 1.54) is 0 Å². The van der Waals surface area contributed by atoms with Crippen LogP contribution in [-0.4, -0.2) is 39.5 Å². The number of aryl methyl sites for hydroxylation is 2. The second-order valence-electron chi connectivity index (χ2n) is 7.72. The van der Waals surface area contributed by atoms with Gasteiger partial charge in [-0.3, -0.25) is 9.48 Å². The van der Waals surface area contributed by atoms with E-state index in [4.69, 9.17) is 9.26 Å². The Bertz CT molecular complexity index is 1230. The number of hydrogen-bond acceptors (Lipinski definition) is 6. The van der Waals surface area contributed by atoms with Crippen molar-refractivity contribution in [3.05, 3.63) is 59.5 Å². The van der Waals surface area contributed by atoms with Gasteiger partial charge in [0.25, 0.3) is 11.6 Å². The van der Waals surface area contributed by atoms with Crippen LogP contribution in [0.2, 0.25) is 0 Å². The zero-order valence-corrected chi connectivity index (χ0v) is 18.0. The zero-order chi connectivity index (χ0) is 22.0. The molecule has 160 valence electrons. The molecule has 1 amide bonds. The molecule has 3 heterocycles. The first-order valence-corrected chi connectivity index (χ1v) is 10.1. The van der Waals surface area contributed by atoms with E-state index in [0.29, 0.717) is 40.3 Å². The van der Waals surface area contributed by atoms with Gasteiger partial charge < -0.3 is 14.6 Å². The molecule has 0 saturated heterocycles. The van der Waals surface area contributed by atoms with Crippen LogP contribution in [-0.2, 0) is 6.54 Å². The van der Waals surface area contributed by atoms with Crippen LogP contribution in [0, 0.1) is 19.8 Å². The van der Waals surface area contributed by atoms with E-state index >= 15 is 0 Å². The van der Waals surface area contributed by atoms with Gasteiger partial charge in [0.15, 0.2) is 0 Å². The average molecular weight is 419 g/mol. The first kappa shape index (κ1) is 20.6. The number of amides is 1. The van der Waals surface area contributed by atoms with Crippen molar-refractivity contribution in [1.29, 1.82) is 0 Å². The Kier molecular flexibility index (Phi) is 5.70. The molecule has 0 unspecified atom stereocenters. The summed E-state index contributed by atoms with van der Waals surface area (Å²) in [6.07, 6.45) is 1.78. The number of fused-ring (bicyclic) bond motifs is 1.